The number of hydrogen-bond acceptors (Lipinski definition) is 7. The summed E-state index contributed by atoms with van der Waals surface area (Å²) < 4.78 is 11.2. The monoisotopic (exact) mass is 438 g/mol. The van der Waals surface area contributed by atoms with Crippen LogP contribution in [0.5, 0.6) is 0 Å². The average molecular weight is 439 g/mol. The third-order valence-electron chi connectivity index (χ3n) is 8.03. The maximum Gasteiger partial charge on any atom is 0.410 e. The maximum absolute atomic E-state index is 13.0. The Morgan fingerprint density at radius 1 is 1.25 bits per heavy atom. The van der Waals surface area contributed by atoms with Crippen molar-refractivity contribution in [2.24, 2.45) is 23.2 Å². The summed E-state index contributed by atoms with van der Waals surface area (Å²) >= 11 is 0. The first-order chi connectivity index (χ1) is 15.4. The minimum absolute atomic E-state index is 0.0823. The van der Waals surface area contributed by atoms with Gasteiger partial charge in [-0.15, -0.1) is 0 Å². The van der Waals surface area contributed by atoms with E-state index in [0.29, 0.717) is 30.3 Å². The molecule has 3 N–H and O–H groups in total. The van der Waals surface area contributed by atoms with Gasteiger partial charge in [-0.3, -0.25) is 4.79 Å². The molecule has 1 aromatic carbocycles. The second kappa shape index (κ2) is 7.88. The molecule has 1 saturated heterocycles. The Labute approximate surface area is 188 Å². The smallest absolute Gasteiger partial charge is 0.410 e. The van der Waals surface area contributed by atoms with Crippen LogP contribution in [0.25, 0.3) is 0 Å². The molecular formula is C24H30N4O4. The second-order valence-electron chi connectivity index (χ2n) is 10.1. The Morgan fingerprint density at radius 2 is 2.00 bits per heavy atom. The topological polar surface area (TPSA) is 118 Å². The fourth-order valence-corrected chi connectivity index (χ4v) is 6.86. The molecule has 0 radical (unpaired) electrons. The van der Waals surface area contributed by atoms with Crippen molar-refractivity contribution in [3.05, 3.63) is 23.8 Å². The molecule has 32 heavy (non-hydrogen) atoms. The van der Waals surface area contributed by atoms with Crippen molar-refractivity contribution >= 4 is 23.4 Å². The van der Waals surface area contributed by atoms with Crippen LogP contribution < -0.4 is 11.1 Å². The van der Waals surface area contributed by atoms with Crippen LogP contribution in [0.3, 0.4) is 0 Å². The van der Waals surface area contributed by atoms with Gasteiger partial charge in [-0.1, -0.05) is 0 Å². The molecule has 5 fully saturated rings. The quantitative estimate of drug-likeness (QED) is 0.548. The van der Waals surface area contributed by atoms with E-state index in [0.717, 1.165) is 44.2 Å². The molecule has 2 unspecified atom stereocenters. The molecule has 8 heteroatoms. The zero-order valence-corrected chi connectivity index (χ0v) is 18.4. The SMILES string of the molecule is COC(=O)C12CC3CC(C1)C(OC(=O)N1CC[C@@H](Nc4ccc(C#N)cc4N)C1)C(C3)C2. The Morgan fingerprint density at radius 3 is 2.66 bits per heavy atom. The van der Waals surface area contributed by atoms with E-state index in [9.17, 15) is 9.59 Å². The van der Waals surface area contributed by atoms with Gasteiger partial charge in [0.05, 0.1) is 35.5 Å². The van der Waals surface area contributed by atoms with Gasteiger partial charge in [0.1, 0.15) is 6.10 Å². The molecule has 5 aliphatic rings. The van der Waals surface area contributed by atoms with Crippen molar-refractivity contribution in [2.45, 2.75) is 50.7 Å². The summed E-state index contributed by atoms with van der Waals surface area (Å²) in [5.74, 6) is 0.954. The van der Waals surface area contributed by atoms with E-state index in [1.54, 1.807) is 23.1 Å². The van der Waals surface area contributed by atoms with Crippen LogP contribution in [0, 0.1) is 34.5 Å². The van der Waals surface area contributed by atoms with E-state index in [2.05, 4.69) is 11.4 Å². The highest BCUT2D eigenvalue weighted by Crippen LogP contribution is 2.61. The fraction of sp³-hybridized carbons (Fsp3) is 0.625. The molecule has 6 rings (SSSR count). The molecule has 1 aliphatic heterocycles. The van der Waals surface area contributed by atoms with E-state index in [4.69, 9.17) is 20.5 Å². The molecule has 1 aromatic rings. The number of esters is 1. The molecule has 0 aromatic heterocycles. The van der Waals surface area contributed by atoms with Crippen LogP contribution in [-0.4, -0.2) is 49.3 Å². The lowest BCUT2D eigenvalue weighted by atomic mass is 9.48. The molecule has 4 aliphatic carbocycles. The normalized spacial score (nSPS) is 34.8. The maximum atomic E-state index is 13.0. The molecular weight excluding hydrogens is 408 g/mol. The van der Waals surface area contributed by atoms with Crippen LogP contribution in [0.1, 0.15) is 44.1 Å². The summed E-state index contributed by atoms with van der Waals surface area (Å²) in [5.41, 5.74) is 7.51. The van der Waals surface area contributed by atoms with Gasteiger partial charge in [-0.25, -0.2) is 4.79 Å². The number of anilines is 2. The van der Waals surface area contributed by atoms with Gasteiger partial charge in [0.25, 0.3) is 0 Å². The Bertz CT molecular complexity index is 957. The summed E-state index contributed by atoms with van der Waals surface area (Å²) in [6.45, 7) is 1.18. The lowest BCUT2D eigenvalue weighted by molar-refractivity contribution is -0.182. The second-order valence-corrected chi connectivity index (χ2v) is 10.1. The third kappa shape index (κ3) is 3.54. The van der Waals surface area contributed by atoms with E-state index in [-0.39, 0.29) is 41.5 Å². The van der Waals surface area contributed by atoms with Crippen LogP contribution in [0.4, 0.5) is 16.2 Å². The number of ether oxygens (including phenoxy) is 2. The molecule has 4 bridgehead atoms. The number of amides is 1. The third-order valence-corrected chi connectivity index (χ3v) is 8.03. The molecule has 0 spiro atoms. The Kier molecular flexibility index (Phi) is 5.15. The number of nitrogens with zero attached hydrogens (tertiary/aromatic N) is 2. The van der Waals surface area contributed by atoms with E-state index in [1.807, 2.05) is 0 Å². The zero-order valence-electron chi connectivity index (χ0n) is 18.4. The summed E-state index contributed by atoms with van der Waals surface area (Å²) in [4.78, 5) is 27.2. The number of hydrogen-bond donors (Lipinski definition) is 2. The Balaban J connectivity index is 1.19. The summed E-state index contributed by atoms with van der Waals surface area (Å²) in [7, 11) is 1.47. The number of benzene rings is 1. The van der Waals surface area contributed by atoms with E-state index >= 15 is 0 Å². The largest absolute Gasteiger partial charge is 0.469 e. The van der Waals surface area contributed by atoms with Gasteiger partial charge < -0.3 is 25.4 Å². The molecule has 3 atom stereocenters. The highest BCUT2D eigenvalue weighted by molar-refractivity contribution is 5.77. The summed E-state index contributed by atoms with van der Waals surface area (Å²) in [6, 6.07) is 7.35. The van der Waals surface area contributed by atoms with Gasteiger partial charge in [0.2, 0.25) is 0 Å². The standard InChI is InChI=1S/C24H30N4O4/c1-31-22(29)24-9-15-6-16(10-24)21(17(7-15)11-24)32-23(30)28-5-4-18(13-28)27-20-3-2-14(12-25)8-19(20)26/h2-3,8,15-18,21,27H,4-7,9-11,13,26H2,1H3/t15?,16?,17?,18-,21?,24?/m1/s1. The first-order valence-electron chi connectivity index (χ1n) is 11.5. The van der Waals surface area contributed by atoms with Gasteiger partial charge in [0, 0.05) is 19.1 Å². The number of carbonyl (C=O) groups is 2. The van der Waals surface area contributed by atoms with Crippen molar-refractivity contribution < 1.29 is 19.1 Å². The highest BCUT2D eigenvalue weighted by atomic mass is 16.6. The molecule has 8 nitrogen and oxygen atoms in total. The average Bonchev–Trinajstić information content (AvgIpc) is 3.25. The number of carbonyl (C=O) groups excluding carboxylic acids is 2. The van der Waals surface area contributed by atoms with Crippen LogP contribution in [-0.2, 0) is 14.3 Å². The minimum Gasteiger partial charge on any atom is -0.469 e. The zero-order chi connectivity index (χ0) is 22.5. The number of likely N-dealkylation sites (tertiary alicyclic amines) is 1. The van der Waals surface area contributed by atoms with Crippen molar-refractivity contribution in [3.63, 3.8) is 0 Å². The van der Waals surface area contributed by atoms with E-state index < -0.39 is 0 Å². The molecule has 1 heterocycles. The highest BCUT2D eigenvalue weighted by Gasteiger charge is 2.60. The Hall–Kier alpha value is -2.95. The van der Waals surface area contributed by atoms with Crippen molar-refractivity contribution in [3.8, 4) is 6.07 Å². The number of nitrogens with two attached hydrogens (primary N) is 1. The van der Waals surface area contributed by atoms with E-state index in [1.165, 1.54) is 7.11 Å². The first kappa shape index (κ1) is 20.9. The molecule has 1 amide bonds. The number of methoxy groups -OCH3 is 1. The van der Waals surface area contributed by atoms with Gasteiger partial charge in [-0.05, 0) is 74.5 Å². The van der Waals surface area contributed by atoms with Gasteiger partial charge >= 0.3 is 12.1 Å². The fourth-order valence-electron chi connectivity index (χ4n) is 6.86. The van der Waals surface area contributed by atoms with Crippen molar-refractivity contribution in [2.75, 3.05) is 31.2 Å². The van der Waals surface area contributed by atoms with Gasteiger partial charge in [-0.2, -0.15) is 5.26 Å². The molecule has 170 valence electrons. The lowest BCUT2D eigenvalue weighted by Crippen LogP contribution is -2.58. The number of nitriles is 1. The van der Waals surface area contributed by atoms with Crippen LogP contribution in [0.15, 0.2) is 18.2 Å². The summed E-state index contributed by atoms with van der Waals surface area (Å²) in [6.07, 6.45) is 4.99. The number of nitrogens with one attached hydrogen (secondary N) is 1. The number of nitrogen functional groups attached to an aromatic ring is 1. The van der Waals surface area contributed by atoms with Crippen LogP contribution in [0.2, 0.25) is 0 Å². The van der Waals surface area contributed by atoms with Crippen molar-refractivity contribution in [1.82, 2.24) is 4.90 Å². The first-order valence-corrected chi connectivity index (χ1v) is 11.5. The van der Waals surface area contributed by atoms with Gasteiger partial charge in [0.15, 0.2) is 0 Å². The predicted molar refractivity (Wildman–Crippen MR) is 117 cm³/mol. The molecule has 4 saturated carbocycles. The van der Waals surface area contributed by atoms with Crippen molar-refractivity contribution in [1.29, 1.82) is 5.26 Å². The lowest BCUT2D eigenvalue weighted by Gasteiger charge is -2.57. The van der Waals surface area contributed by atoms with Crippen LogP contribution >= 0.6 is 0 Å². The minimum atomic E-state index is -0.363. The summed E-state index contributed by atoms with van der Waals surface area (Å²) in [5, 5.41) is 12.4. The number of rotatable bonds is 4. The predicted octanol–water partition coefficient (Wildman–Crippen LogP) is 3.13.